The summed E-state index contributed by atoms with van der Waals surface area (Å²) in [6, 6.07) is 8.26. The van der Waals surface area contributed by atoms with E-state index in [1.165, 1.54) is 11.1 Å². The molecule has 0 aromatic heterocycles. The molecule has 1 atom stereocenters. The summed E-state index contributed by atoms with van der Waals surface area (Å²) in [5, 5.41) is 0. The first kappa shape index (κ1) is 14.5. The molecule has 0 aliphatic heterocycles. The maximum absolute atomic E-state index is 3.66. The van der Waals surface area contributed by atoms with Crippen LogP contribution in [-0.2, 0) is 0 Å². The first-order valence-electron chi connectivity index (χ1n) is 4.79. The highest BCUT2D eigenvalue weighted by molar-refractivity contribution is 9.26. The fraction of sp³-hybridized carbons (Fsp3) is 0.167. The zero-order chi connectivity index (χ0) is 12.6. The van der Waals surface area contributed by atoms with Crippen molar-refractivity contribution >= 4 is 88.6 Å². The van der Waals surface area contributed by atoms with Crippen molar-refractivity contribution < 1.29 is 0 Å². The van der Waals surface area contributed by atoms with Crippen molar-refractivity contribution in [2.24, 2.45) is 0 Å². The second kappa shape index (κ2) is 5.61. The number of halogens is 5. The molecule has 1 aliphatic carbocycles. The molecular weight excluding hydrogens is 544 g/mol. The minimum atomic E-state index is -0.314. The molecule has 90 valence electrons. The van der Waals surface area contributed by atoms with Gasteiger partial charge in [-0.3, -0.25) is 0 Å². The number of rotatable bonds is 0. The molecule has 17 heavy (non-hydrogen) atoms. The molecule has 0 unspecified atom stereocenters. The fourth-order valence-corrected chi connectivity index (χ4v) is 4.96. The van der Waals surface area contributed by atoms with Crippen LogP contribution in [0.4, 0.5) is 0 Å². The van der Waals surface area contributed by atoms with E-state index in [-0.39, 0.29) is 8.06 Å². The van der Waals surface area contributed by atoms with Crippen molar-refractivity contribution in [2.45, 2.75) is 8.06 Å². The zero-order valence-electron chi connectivity index (χ0n) is 8.43. The van der Waals surface area contributed by atoms with Gasteiger partial charge in [0.15, 0.2) is 0 Å². The van der Waals surface area contributed by atoms with E-state index < -0.39 is 0 Å². The molecule has 0 fully saturated rings. The molecule has 1 aromatic carbocycles. The predicted octanol–water partition coefficient (Wildman–Crippen LogP) is 6.42. The van der Waals surface area contributed by atoms with Crippen molar-refractivity contribution in [2.75, 3.05) is 0 Å². The molecule has 0 radical (unpaired) electrons. The molecule has 0 nitrogen and oxygen atoms in total. The molecule has 0 saturated heterocycles. The normalized spacial score (nSPS) is 29.1. The molecule has 0 N–H and O–H groups in total. The summed E-state index contributed by atoms with van der Waals surface area (Å²) in [4.78, 5) is 0.130. The summed E-state index contributed by atoms with van der Waals surface area (Å²) in [6.45, 7) is 0. The van der Waals surface area contributed by atoms with Crippen molar-refractivity contribution in [3.05, 3.63) is 47.5 Å². The predicted molar refractivity (Wildman–Crippen MR) is 93.5 cm³/mol. The van der Waals surface area contributed by atoms with Crippen molar-refractivity contribution in [1.29, 1.82) is 0 Å². The topological polar surface area (TPSA) is 0 Å². The van der Waals surface area contributed by atoms with Gasteiger partial charge in [0.05, 0.1) is 4.83 Å². The standard InChI is InChI=1S/C12H7Br5/c13-9-5-11(15)12(16,17)6-10(14)8-4-2-1-3-7(8)9/h1-6,11H/b9-5+,10-6+/t11-/m0/s1. The maximum atomic E-state index is 3.66. The third kappa shape index (κ3) is 3.16. The first-order valence-corrected chi connectivity index (χ1v) is 8.88. The smallest absolute Gasteiger partial charge is 0.0816 e. The lowest BCUT2D eigenvalue weighted by Gasteiger charge is -2.24. The van der Waals surface area contributed by atoms with Crippen LogP contribution in [-0.4, -0.2) is 8.06 Å². The minimum absolute atomic E-state index is 0.130. The van der Waals surface area contributed by atoms with Gasteiger partial charge in [0.1, 0.15) is 3.23 Å². The molecular formula is C12H7Br5. The number of hydrogen-bond donors (Lipinski definition) is 0. The maximum Gasteiger partial charge on any atom is 0.116 e. The molecule has 0 heterocycles. The average molecular weight is 551 g/mol. The van der Waals surface area contributed by atoms with Crippen LogP contribution in [0.15, 0.2) is 36.4 Å². The van der Waals surface area contributed by atoms with Crippen LogP contribution in [0.25, 0.3) is 8.96 Å². The van der Waals surface area contributed by atoms with Gasteiger partial charge < -0.3 is 0 Å². The summed E-state index contributed by atoms with van der Waals surface area (Å²) >= 11 is 18.2. The summed E-state index contributed by atoms with van der Waals surface area (Å²) in [5.41, 5.74) is 2.34. The van der Waals surface area contributed by atoms with Crippen LogP contribution >= 0.6 is 79.6 Å². The second-order valence-electron chi connectivity index (χ2n) is 3.63. The van der Waals surface area contributed by atoms with Gasteiger partial charge in [-0.25, -0.2) is 0 Å². The monoisotopic (exact) mass is 546 g/mol. The lowest BCUT2D eigenvalue weighted by atomic mass is 10.0. The van der Waals surface area contributed by atoms with Gasteiger partial charge in [-0.1, -0.05) is 110 Å². The summed E-state index contributed by atoms with van der Waals surface area (Å²) in [5.74, 6) is 0. The van der Waals surface area contributed by atoms with E-state index in [9.17, 15) is 0 Å². The Hall–Kier alpha value is 1.10. The fourth-order valence-electron chi connectivity index (χ4n) is 1.56. The van der Waals surface area contributed by atoms with E-state index in [0.717, 1.165) is 8.96 Å². The van der Waals surface area contributed by atoms with Crippen LogP contribution in [0.2, 0.25) is 0 Å². The van der Waals surface area contributed by atoms with E-state index in [0.29, 0.717) is 0 Å². The van der Waals surface area contributed by atoms with E-state index >= 15 is 0 Å². The van der Waals surface area contributed by atoms with Crippen molar-refractivity contribution in [1.82, 2.24) is 0 Å². The number of benzene rings is 1. The minimum Gasteiger partial charge on any atom is -0.0816 e. The van der Waals surface area contributed by atoms with Crippen LogP contribution in [0.3, 0.4) is 0 Å². The van der Waals surface area contributed by atoms with Gasteiger partial charge >= 0.3 is 0 Å². The van der Waals surface area contributed by atoms with Crippen LogP contribution in [0.5, 0.6) is 0 Å². The number of alkyl halides is 3. The Morgan fingerprint density at radius 3 is 2.06 bits per heavy atom. The Balaban J connectivity index is 2.68. The van der Waals surface area contributed by atoms with Crippen molar-refractivity contribution in [3.63, 3.8) is 0 Å². The Morgan fingerprint density at radius 1 is 0.941 bits per heavy atom. The van der Waals surface area contributed by atoms with Gasteiger partial charge in [0.25, 0.3) is 0 Å². The summed E-state index contributed by atoms with van der Waals surface area (Å²) in [7, 11) is 0. The highest BCUT2D eigenvalue weighted by Gasteiger charge is 2.31. The van der Waals surface area contributed by atoms with E-state index in [4.69, 9.17) is 0 Å². The van der Waals surface area contributed by atoms with E-state index in [1.807, 2.05) is 12.1 Å². The van der Waals surface area contributed by atoms with Crippen molar-refractivity contribution in [3.8, 4) is 0 Å². The molecule has 1 aromatic rings. The average Bonchev–Trinajstić information content (AvgIpc) is 2.27. The van der Waals surface area contributed by atoms with Crippen LogP contribution in [0.1, 0.15) is 11.1 Å². The van der Waals surface area contributed by atoms with Gasteiger partial charge in [-0.05, 0) is 17.2 Å². The Morgan fingerprint density at radius 2 is 1.47 bits per heavy atom. The number of fused-ring (bicyclic) bond motifs is 1. The van der Waals surface area contributed by atoms with E-state index in [2.05, 4.69) is 104 Å². The molecule has 0 saturated carbocycles. The Labute approximate surface area is 143 Å². The van der Waals surface area contributed by atoms with Gasteiger partial charge in [-0.2, -0.15) is 0 Å². The molecule has 5 heteroatoms. The second-order valence-corrected chi connectivity index (χ2v) is 10.0. The third-order valence-electron chi connectivity index (χ3n) is 2.42. The molecule has 1 aliphatic rings. The lowest BCUT2D eigenvalue weighted by Crippen LogP contribution is -2.21. The highest BCUT2D eigenvalue weighted by Crippen LogP contribution is 2.45. The molecule has 2 rings (SSSR count). The van der Waals surface area contributed by atoms with E-state index in [1.54, 1.807) is 0 Å². The number of allylic oxidation sites excluding steroid dienone is 2. The molecule has 0 amide bonds. The molecule has 0 spiro atoms. The van der Waals surface area contributed by atoms with Crippen LogP contribution < -0.4 is 0 Å². The lowest BCUT2D eigenvalue weighted by molar-refractivity contribution is 1.09. The third-order valence-corrected chi connectivity index (χ3v) is 7.43. The van der Waals surface area contributed by atoms with Gasteiger partial charge in [0.2, 0.25) is 0 Å². The highest BCUT2D eigenvalue weighted by atomic mass is 79.9. The van der Waals surface area contributed by atoms with Gasteiger partial charge in [-0.15, -0.1) is 0 Å². The zero-order valence-corrected chi connectivity index (χ0v) is 16.4. The largest absolute Gasteiger partial charge is 0.116 e. The SMILES string of the molecule is Br/C1=C/[C@H](Br)C(Br)(Br)/C=C(/Br)c2ccccc21. The molecule has 0 bridgehead atoms. The first-order chi connectivity index (χ1) is 7.92. The quantitative estimate of drug-likeness (QED) is 0.327. The summed E-state index contributed by atoms with van der Waals surface area (Å²) in [6.07, 6.45) is 4.22. The Kier molecular flexibility index (Phi) is 4.79. The Bertz CT molecular complexity index is 501. The van der Waals surface area contributed by atoms with Gasteiger partial charge in [0, 0.05) is 8.96 Å². The number of hydrogen-bond acceptors (Lipinski definition) is 0. The summed E-state index contributed by atoms with van der Waals surface area (Å²) < 4.78 is 1.81. The van der Waals surface area contributed by atoms with Crippen LogP contribution in [0, 0.1) is 0 Å².